The van der Waals surface area contributed by atoms with Gasteiger partial charge < -0.3 is 9.64 Å². The molecule has 0 spiro atoms. The molecule has 1 aliphatic heterocycles. The van der Waals surface area contributed by atoms with Crippen molar-refractivity contribution in [3.8, 4) is 5.88 Å². The minimum Gasteiger partial charge on any atom is -0.477 e. The zero-order chi connectivity index (χ0) is 13.7. The molecule has 0 saturated carbocycles. The molecule has 104 valence electrons. The average Bonchev–Trinajstić information content (AvgIpc) is 2.47. The summed E-state index contributed by atoms with van der Waals surface area (Å²) in [6, 6.07) is 0. The zero-order valence-corrected chi connectivity index (χ0v) is 12.7. The number of hydrogen-bond acceptors (Lipinski definition) is 7. The molecule has 0 aromatic carbocycles. The predicted octanol–water partition coefficient (Wildman–Crippen LogP) is 1.96. The summed E-state index contributed by atoms with van der Waals surface area (Å²) in [6.07, 6.45) is 2.72. The fourth-order valence-electron chi connectivity index (χ4n) is 1.88. The summed E-state index contributed by atoms with van der Waals surface area (Å²) in [6.45, 7) is 4.18. The number of nitrogens with zero attached hydrogens (tertiary/aromatic N) is 3. The maximum atomic E-state index is 11.4. The van der Waals surface area contributed by atoms with E-state index in [0.29, 0.717) is 29.0 Å². The van der Waals surface area contributed by atoms with Crippen LogP contribution in [-0.4, -0.2) is 53.7 Å². The number of anilines is 1. The van der Waals surface area contributed by atoms with Gasteiger partial charge in [0.25, 0.3) is 0 Å². The van der Waals surface area contributed by atoms with Crippen molar-refractivity contribution in [1.29, 1.82) is 0 Å². The molecule has 1 fully saturated rings. The smallest absolute Gasteiger partial charge is 0.230 e. The molecule has 5 nitrogen and oxygen atoms in total. The second-order valence-corrected chi connectivity index (χ2v) is 5.90. The van der Waals surface area contributed by atoms with Crippen LogP contribution in [0.1, 0.15) is 17.3 Å². The first-order chi connectivity index (χ1) is 9.30. The number of thioether (sulfide) groups is 2. The van der Waals surface area contributed by atoms with E-state index in [1.165, 1.54) is 11.8 Å². The minimum atomic E-state index is 0.394. The molecule has 1 aliphatic rings. The van der Waals surface area contributed by atoms with E-state index in [1.807, 2.05) is 24.9 Å². The topological polar surface area (TPSA) is 55.3 Å². The van der Waals surface area contributed by atoms with Crippen LogP contribution in [0.4, 0.5) is 5.82 Å². The van der Waals surface area contributed by atoms with E-state index in [0.717, 1.165) is 30.9 Å². The summed E-state index contributed by atoms with van der Waals surface area (Å²) in [5.41, 5.74) is 0.464. The number of carbonyl (C=O) groups is 1. The van der Waals surface area contributed by atoms with E-state index in [-0.39, 0.29) is 0 Å². The van der Waals surface area contributed by atoms with Crippen LogP contribution in [0.3, 0.4) is 0 Å². The highest BCUT2D eigenvalue weighted by molar-refractivity contribution is 7.99. The molecule has 2 rings (SSSR count). The van der Waals surface area contributed by atoms with Gasteiger partial charge in [0.2, 0.25) is 5.88 Å². The Bertz CT molecular complexity index is 451. The third-order valence-corrected chi connectivity index (χ3v) is 4.25. The van der Waals surface area contributed by atoms with Crippen LogP contribution in [0.25, 0.3) is 0 Å². The van der Waals surface area contributed by atoms with Crippen molar-refractivity contribution in [3.63, 3.8) is 0 Å². The lowest BCUT2D eigenvalue weighted by Crippen LogP contribution is -2.34. The quantitative estimate of drug-likeness (QED) is 0.468. The van der Waals surface area contributed by atoms with E-state index in [1.54, 1.807) is 0 Å². The lowest BCUT2D eigenvalue weighted by molar-refractivity contribution is 0.111. The standard InChI is InChI=1S/C12H17N3O2S2/c1-3-17-11-9(8-16)10(13-12(14-11)18-2)15-4-6-19-7-5-15/h8H,3-7H2,1-2H3. The lowest BCUT2D eigenvalue weighted by Gasteiger charge is -2.28. The highest BCUT2D eigenvalue weighted by Crippen LogP contribution is 2.29. The summed E-state index contributed by atoms with van der Waals surface area (Å²) >= 11 is 3.38. The molecular weight excluding hydrogens is 282 g/mol. The first-order valence-electron chi connectivity index (χ1n) is 6.16. The Morgan fingerprint density at radius 1 is 1.42 bits per heavy atom. The minimum absolute atomic E-state index is 0.394. The maximum absolute atomic E-state index is 11.4. The van der Waals surface area contributed by atoms with Gasteiger partial charge in [0, 0.05) is 24.6 Å². The average molecular weight is 299 g/mol. The number of aromatic nitrogens is 2. The van der Waals surface area contributed by atoms with Crippen LogP contribution in [0.2, 0.25) is 0 Å². The van der Waals surface area contributed by atoms with Gasteiger partial charge in [0.1, 0.15) is 11.4 Å². The fourth-order valence-corrected chi connectivity index (χ4v) is 3.13. The molecule has 19 heavy (non-hydrogen) atoms. The van der Waals surface area contributed by atoms with Crippen LogP contribution in [0.15, 0.2) is 5.16 Å². The SMILES string of the molecule is CCOc1nc(SC)nc(N2CCSCC2)c1C=O. The molecule has 1 saturated heterocycles. The summed E-state index contributed by atoms with van der Waals surface area (Å²) in [4.78, 5) is 22.3. The normalized spacial score (nSPS) is 15.4. The van der Waals surface area contributed by atoms with Gasteiger partial charge in [0.15, 0.2) is 11.4 Å². The Balaban J connectivity index is 2.43. The number of rotatable bonds is 5. The van der Waals surface area contributed by atoms with Gasteiger partial charge in [-0.2, -0.15) is 16.7 Å². The molecule has 0 bridgehead atoms. The van der Waals surface area contributed by atoms with Crippen molar-refractivity contribution < 1.29 is 9.53 Å². The maximum Gasteiger partial charge on any atom is 0.230 e. The van der Waals surface area contributed by atoms with Gasteiger partial charge in [-0.05, 0) is 13.2 Å². The fraction of sp³-hybridized carbons (Fsp3) is 0.583. The van der Waals surface area contributed by atoms with Crippen molar-refractivity contribution in [1.82, 2.24) is 9.97 Å². The summed E-state index contributed by atoms with van der Waals surface area (Å²) < 4.78 is 5.47. The number of hydrogen-bond donors (Lipinski definition) is 0. The first kappa shape index (κ1) is 14.5. The van der Waals surface area contributed by atoms with Crippen molar-refractivity contribution in [2.24, 2.45) is 0 Å². The predicted molar refractivity (Wildman–Crippen MR) is 79.9 cm³/mol. The third-order valence-electron chi connectivity index (χ3n) is 2.76. The third kappa shape index (κ3) is 3.33. The van der Waals surface area contributed by atoms with Gasteiger partial charge in [-0.3, -0.25) is 4.79 Å². The summed E-state index contributed by atoms with van der Waals surface area (Å²) in [5, 5.41) is 0.641. The van der Waals surface area contributed by atoms with Gasteiger partial charge in [-0.25, -0.2) is 4.98 Å². The second-order valence-electron chi connectivity index (χ2n) is 3.90. The van der Waals surface area contributed by atoms with E-state index in [9.17, 15) is 4.79 Å². The molecule has 2 heterocycles. The van der Waals surface area contributed by atoms with Gasteiger partial charge >= 0.3 is 0 Å². The molecule has 0 radical (unpaired) electrons. The highest BCUT2D eigenvalue weighted by atomic mass is 32.2. The molecular formula is C12H17N3O2S2. The van der Waals surface area contributed by atoms with Gasteiger partial charge in [-0.1, -0.05) is 11.8 Å². The van der Waals surface area contributed by atoms with E-state index >= 15 is 0 Å². The number of carbonyl (C=O) groups excluding carboxylic acids is 1. The Kier molecular flexibility index (Phi) is 5.33. The Hall–Kier alpha value is -0.950. The van der Waals surface area contributed by atoms with Crippen molar-refractivity contribution >= 4 is 35.6 Å². The van der Waals surface area contributed by atoms with Gasteiger partial charge in [0.05, 0.1) is 6.61 Å². The Labute approximate surface area is 121 Å². The van der Waals surface area contributed by atoms with Crippen molar-refractivity contribution in [3.05, 3.63) is 5.56 Å². The molecule has 1 aromatic rings. The van der Waals surface area contributed by atoms with Crippen LogP contribution >= 0.6 is 23.5 Å². The van der Waals surface area contributed by atoms with Gasteiger partial charge in [-0.15, -0.1) is 0 Å². The monoisotopic (exact) mass is 299 g/mol. The lowest BCUT2D eigenvalue weighted by atomic mass is 10.3. The molecule has 1 aromatic heterocycles. The molecule has 7 heteroatoms. The second kappa shape index (κ2) is 7.00. The van der Waals surface area contributed by atoms with Crippen LogP contribution in [0, 0.1) is 0 Å². The summed E-state index contributed by atoms with van der Waals surface area (Å²) in [7, 11) is 0. The van der Waals surface area contributed by atoms with E-state index < -0.39 is 0 Å². The Morgan fingerprint density at radius 2 is 2.16 bits per heavy atom. The molecule has 0 N–H and O–H groups in total. The van der Waals surface area contributed by atoms with E-state index in [2.05, 4.69) is 14.9 Å². The molecule has 0 unspecified atom stereocenters. The first-order valence-corrected chi connectivity index (χ1v) is 8.54. The molecule has 0 aliphatic carbocycles. The number of ether oxygens (including phenoxy) is 1. The highest BCUT2D eigenvalue weighted by Gasteiger charge is 2.21. The Morgan fingerprint density at radius 3 is 2.74 bits per heavy atom. The van der Waals surface area contributed by atoms with Crippen LogP contribution in [0.5, 0.6) is 5.88 Å². The molecule has 0 atom stereocenters. The van der Waals surface area contributed by atoms with Crippen molar-refractivity contribution in [2.45, 2.75) is 12.1 Å². The van der Waals surface area contributed by atoms with E-state index in [4.69, 9.17) is 4.74 Å². The molecule has 0 amide bonds. The van der Waals surface area contributed by atoms with Crippen molar-refractivity contribution in [2.75, 3.05) is 42.4 Å². The van der Waals surface area contributed by atoms with Crippen LogP contribution in [-0.2, 0) is 0 Å². The summed E-state index contributed by atoms with van der Waals surface area (Å²) in [5.74, 6) is 3.21. The largest absolute Gasteiger partial charge is 0.477 e. The van der Waals surface area contributed by atoms with Crippen LogP contribution < -0.4 is 9.64 Å². The zero-order valence-electron chi connectivity index (χ0n) is 11.1. The number of aldehydes is 1.